The molecule has 0 spiro atoms. The van der Waals surface area contributed by atoms with Gasteiger partial charge in [-0.15, -0.1) is 0 Å². The highest BCUT2D eigenvalue weighted by molar-refractivity contribution is 5.57. The summed E-state index contributed by atoms with van der Waals surface area (Å²) >= 11 is 0. The van der Waals surface area contributed by atoms with Crippen molar-refractivity contribution in [1.82, 2.24) is 0 Å². The fraction of sp³-hybridized carbons (Fsp3) is 0.562. The molecule has 1 aromatic rings. The van der Waals surface area contributed by atoms with Crippen LogP contribution in [0.15, 0.2) is 12.1 Å². The van der Waals surface area contributed by atoms with E-state index in [0.717, 1.165) is 30.6 Å². The van der Waals surface area contributed by atoms with E-state index in [1.165, 1.54) is 24.0 Å². The molecule has 0 amide bonds. The Morgan fingerprint density at radius 1 is 1.00 bits per heavy atom. The normalized spacial score (nSPS) is 28.4. The molecule has 3 aliphatic carbocycles. The Balaban J connectivity index is 2.09. The van der Waals surface area contributed by atoms with Crippen molar-refractivity contribution < 1.29 is 14.3 Å². The molecule has 19 heavy (non-hydrogen) atoms. The Morgan fingerprint density at radius 3 is 1.84 bits per heavy atom. The summed E-state index contributed by atoms with van der Waals surface area (Å²) in [4.78, 5) is 11.2. The quantitative estimate of drug-likeness (QED) is 0.782. The molecule has 0 saturated heterocycles. The predicted octanol–water partition coefficient (Wildman–Crippen LogP) is 3.27. The van der Waals surface area contributed by atoms with E-state index in [9.17, 15) is 4.79 Å². The van der Waals surface area contributed by atoms with Gasteiger partial charge in [0.15, 0.2) is 11.5 Å². The number of methoxy groups -OCH3 is 2. The molecule has 3 heteroatoms. The van der Waals surface area contributed by atoms with Crippen LogP contribution in [0.2, 0.25) is 0 Å². The minimum absolute atomic E-state index is 0.210. The maximum absolute atomic E-state index is 11.2. The number of fused-ring (bicyclic) bond motifs is 3. The highest BCUT2D eigenvalue weighted by Gasteiger charge is 2.35. The first-order valence-electron chi connectivity index (χ1n) is 6.98. The minimum Gasteiger partial charge on any atom is -0.493 e. The predicted molar refractivity (Wildman–Crippen MR) is 73.1 cm³/mol. The fourth-order valence-corrected chi connectivity index (χ4v) is 3.76. The zero-order valence-electron chi connectivity index (χ0n) is 11.5. The molecule has 2 atom stereocenters. The molecule has 0 heterocycles. The van der Waals surface area contributed by atoms with Crippen molar-refractivity contribution in [2.24, 2.45) is 5.92 Å². The molecule has 3 aliphatic rings. The van der Waals surface area contributed by atoms with Gasteiger partial charge >= 0.3 is 0 Å². The SMILES string of the molecule is COc1cc2c(cc1OC)C1CCC2CC(C=O)C1. The molecule has 1 fully saturated rings. The second kappa shape index (κ2) is 4.87. The number of aldehydes is 1. The summed E-state index contributed by atoms with van der Waals surface area (Å²) in [6.07, 6.45) is 5.51. The molecular weight excluding hydrogens is 240 g/mol. The van der Waals surface area contributed by atoms with E-state index < -0.39 is 0 Å². The second-order valence-electron chi connectivity index (χ2n) is 5.67. The van der Waals surface area contributed by atoms with Crippen molar-refractivity contribution in [3.63, 3.8) is 0 Å². The van der Waals surface area contributed by atoms with E-state index >= 15 is 0 Å². The van der Waals surface area contributed by atoms with Crippen LogP contribution in [0.4, 0.5) is 0 Å². The smallest absolute Gasteiger partial charge is 0.161 e. The number of hydrogen-bond acceptors (Lipinski definition) is 3. The Kier molecular flexibility index (Phi) is 3.21. The van der Waals surface area contributed by atoms with Crippen LogP contribution in [-0.4, -0.2) is 20.5 Å². The van der Waals surface area contributed by atoms with Gasteiger partial charge in [0, 0.05) is 5.92 Å². The van der Waals surface area contributed by atoms with Crippen LogP contribution in [0.3, 0.4) is 0 Å². The van der Waals surface area contributed by atoms with Crippen molar-refractivity contribution >= 4 is 6.29 Å². The summed E-state index contributed by atoms with van der Waals surface area (Å²) in [6, 6.07) is 4.25. The average molecular weight is 260 g/mol. The molecule has 0 aliphatic heterocycles. The van der Waals surface area contributed by atoms with Crippen LogP contribution in [0.25, 0.3) is 0 Å². The lowest BCUT2D eigenvalue weighted by Crippen LogP contribution is -2.11. The van der Waals surface area contributed by atoms with Crippen molar-refractivity contribution in [2.75, 3.05) is 14.2 Å². The molecule has 0 N–H and O–H groups in total. The third kappa shape index (κ3) is 2.01. The number of hydrogen-bond donors (Lipinski definition) is 0. The molecule has 4 rings (SSSR count). The van der Waals surface area contributed by atoms with E-state index in [1.807, 2.05) is 0 Å². The van der Waals surface area contributed by atoms with Gasteiger partial charge in [-0.3, -0.25) is 0 Å². The first-order chi connectivity index (χ1) is 9.26. The van der Waals surface area contributed by atoms with Crippen LogP contribution < -0.4 is 9.47 Å². The van der Waals surface area contributed by atoms with Crippen molar-refractivity contribution in [1.29, 1.82) is 0 Å². The highest BCUT2D eigenvalue weighted by atomic mass is 16.5. The average Bonchev–Trinajstić information content (AvgIpc) is 2.75. The fourth-order valence-electron chi connectivity index (χ4n) is 3.76. The third-order valence-electron chi connectivity index (χ3n) is 4.70. The summed E-state index contributed by atoms with van der Waals surface area (Å²) in [7, 11) is 3.35. The molecule has 3 nitrogen and oxygen atoms in total. The lowest BCUT2D eigenvalue weighted by molar-refractivity contribution is -0.111. The zero-order chi connectivity index (χ0) is 13.4. The highest BCUT2D eigenvalue weighted by Crippen LogP contribution is 2.51. The van der Waals surface area contributed by atoms with Gasteiger partial charge in [-0.2, -0.15) is 0 Å². The van der Waals surface area contributed by atoms with Crippen LogP contribution in [0.1, 0.15) is 48.6 Å². The van der Waals surface area contributed by atoms with Crippen LogP contribution in [0.5, 0.6) is 11.5 Å². The van der Waals surface area contributed by atoms with E-state index in [4.69, 9.17) is 9.47 Å². The topological polar surface area (TPSA) is 35.5 Å². The van der Waals surface area contributed by atoms with Gasteiger partial charge in [-0.25, -0.2) is 0 Å². The maximum Gasteiger partial charge on any atom is 0.161 e. The molecule has 2 bridgehead atoms. The monoisotopic (exact) mass is 260 g/mol. The molecule has 1 aromatic carbocycles. The van der Waals surface area contributed by atoms with E-state index in [-0.39, 0.29) is 5.92 Å². The summed E-state index contributed by atoms with van der Waals surface area (Å²) < 4.78 is 10.8. The first-order valence-corrected chi connectivity index (χ1v) is 6.98. The van der Waals surface area contributed by atoms with E-state index in [0.29, 0.717) is 11.8 Å². The molecular formula is C16H20O3. The molecule has 0 aromatic heterocycles. The van der Waals surface area contributed by atoms with Gasteiger partial charge in [-0.1, -0.05) is 0 Å². The lowest BCUT2D eigenvalue weighted by Gasteiger charge is -2.28. The van der Waals surface area contributed by atoms with E-state index in [2.05, 4.69) is 12.1 Å². The molecule has 0 radical (unpaired) electrons. The number of carbonyl (C=O) groups is 1. The number of ether oxygens (including phenoxy) is 2. The molecule has 102 valence electrons. The van der Waals surface area contributed by atoms with Crippen molar-refractivity contribution in [3.05, 3.63) is 23.3 Å². The van der Waals surface area contributed by atoms with Gasteiger partial charge in [0.1, 0.15) is 6.29 Å². The lowest BCUT2D eigenvalue weighted by atomic mass is 9.78. The maximum atomic E-state index is 11.2. The third-order valence-corrected chi connectivity index (χ3v) is 4.70. The van der Waals surface area contributed by atoms with Crippen molar-refractivity contribution in [3.8, 4) is 11.5 Å². The molecule has 1 saturated carbocycles. The van der Waals surface area contributed by atoms with Gasteiger partial charge in [-0.05, 0) is 60.8 Å². The van der Waals surface area contributed by atoms with Gasteiger partial charge in [0.2, 0.25) is 0 Å². The van der Waals surface area contributed by atoms with Crippen LogP contribution in [-0.2, 0) is 4.79 Å². The Bertz CT molecular complexity index is 454. The Labute approximate surface area is 113 Å². The molecule has 2 unspecified atom stereocenters. The van der Waals surface area contributed by atoms with Crippen molar-refractivity contribution in [2.45, 2.75) is 37.5 Å². The van der Waals surface area contributed by atoms with Crippen LogP contribution in [0, 0.1) is 5.92 Å². The van der Waals surface area contributed by atoms with Gasteiger partial charge in [0.25, 0.3) is 0 Å². The van der Waals surface area contributed by atoms with Gasteiger partial charge < -0.3 is 14.3 Å². The Hall–Kier alpha value is -1.51. The standard InChI is InChI=1S/C16H20O3/c1-18-15-7-13-11-3-4-12(6-10(5-11)9-17)14(13)8-16(15)19-2/h7-12H,3-6H2,1-2H3. The number of carbonyl (C=O) groups excluding carboxylic acids is 1. The van der Waals surface area contributed by atoms with Crippen LogP contribution >= 0.6 is 0 Å². The number of rotatable bonds is 3. The minimum atomic E-state index is 0.210. The Morgan fingerprint density at radius 2 is 1.47 bits per heavy atom. The first kappa shape index (κ1) is 12.5. The second-order valence-corrected chi connectivity index (χ2v) is 5.67. The summed E-state index contributed by atoms with van der Waals surface area (Å²) in [5.41, 5.74) is 2.75. The van der Waals surface area contributed by atoms with Gasteiger partial charge in [0.05, 0.1) is 14.2 Å². The zero-order valence-corrected chi connectivity index (χ0v) is 11.5. The largest absolute Gasteiger partial charge is 0.493 e. The summed E-state index contributed by atoms with van der Waals surface area (Å²) in [5.74, 6) is 2.82. The van der Waals surface area contributed by atoms with E-state index in [1.54, 1.807) is 14.2 Å². The number of benzene rings is 1. The summed E-state index contributed by atoms with van der Waals surface area (Å²) in [5, 5.41) is 0. The summed E-state index contributed by atoms with van der Waals surface area (Å²) in [6.45, 7) is 0.